The van der Waals surface area contributed by atoms with E-state index in [1.165, 1.54) is 29.6 Å². The molecule has 0 radical (unpaired) electrons. The second-order valence-electron chi connectivity index (χ2n) is 6.97. The molecule has 4 rings (SSSR count). The number of thioether (sulfide) groups is 1. The van der Waals surface area contributed by atoms with E-state index in [1.54, 1.807) is 21.3 Å². The van der Waals surface area contributed by atoms with E-state index in [2.05, 4.69) is 35.5 Å². The fourth-order valence-electron chi connectivity index (χ4n) is 2.64. The highest BCUT2D eigenvalue weighted by Crippen LogP contribution is 2.28. The number of tetrazole rings is 1. The Morgan fingerprint density at radius 3 is 2.81 bits per heavy atom. The molecule has 0 fully saturated rings. The number of nitrogens with zero attached hydrogens (tertiary/aromatic N) is 9. The number of hydrogen-bond donors (Lipinski definition) is 0. The summed E-state index contributed by atoms with van der Waals surface area (Å²) in [5, 5.41) is 18.7. The van der Waals surface area contributed by atoms with Gasteiger partial charge in [-0.1, -0.05) is 29.4 Å². The summed E-state index contributed by atoms with van der Waals surface area (Å²) in [5.41, 5.74) is 1.61. The first-order chi connectivity index (χ1) is 14.9. The van der Waals surface area contributed by atoms with Crippen LogP contribution >= 0.6 is 35.1 Å². The smallest absolute Gasteiger partial charge is 0.254 e. The van der Waals surface area contributed by atoms with Crippen molar-refractivity contribution in [2.45, 2.75) is 34.6 Å². The zero-order chi connectivity index (χ0) is 22.0. The molecule has 31 heavy (non-hydrogen) atoms. The molecule has 3 aromatic heterocycles. The van der Waals surface area contributed by atoms with Crippen molar-refractivity contribution in [2.75, 3.05) is 20.6 Å². The maximum Gasteiger partial charge on any atom is 0.254 e. The number of fused-ring (bicyclic) bond motifs is 1. The molecule has 0 aliphatic carbocycles. The van der Waals surface area contributed by atoms with Crippen LogP contribution in [-0.2, 0) is 12.3 Å². The summed E-state index contributed by atoms with van der Waals surface area (Å²) in [5.74, 6) is 0.556. The molecule has 1 aromatic carbocycles. The molecule has 0 N–H and O–H groups in total. The van der Waals surface area contributed by atoms with Crippen LogP contribution in [0.1, 0.15) is 11.3 Å². The molecule has 4 aromatic rings. The van der Waals surface area contributed by atoms with Gasteiger partial charge in [-0.05, 0) is 67.0 Å². The van der Waals surface area contributed by atoms with Gasteiger partial charge in [0.1, 0.15) is 10.8 Å². The van der Waals surface area contributed by atoms with Crippen molar-refractivity contribution in [2.24, 2.45) is 0 Å². The van der Waals surface area contributed by atoms with Gasteiger partial charge in [0.05, 0.1) is 11.6 Å². The molecular formula is C18H19ClFN9S2. The summed E-state index contributed by atoms with van der Waals surface area (Å²) < 4.78 is 17.1. The fourth-order valence-corrected chi connectivity index (χ4v) is 4.46. The lowest BCUT2D eigenvalue weighted by atomic mass is 10.2. The van der Waals surface area contributed by atoms with Crippen LogP contribution in [0.25, 0.3) is 5.78 Å². The topological polar surface area (TPSA) is 89.9 Å². The molecule has 162 valence electrons. The van der Waals surface area contributed by atoms with Crippen LogP contribution in [0.2, 0.25) is 5.02 Å². The third kappa shape index (κ3) is 5.32. The summed E-state index contributed by atoms with van der Waals surface area (Å²) in [6, 6.07) is 6.66. The summed E-state index contributed by atoms with van der Waals surface area (Å²) in [6.45, 7) is 3.39. The largest absolute Gasteiger partial charge is 0.308 e. The zero-order valence-corrected chi connectivity index (χ0v) is 19.4. The summed E-state index contributed by atoms with van der Waals surface area (Å²) in [7, 11) is 4.00. The van der Waals surface area contributed by atoms with E-state index >= 15 is 0 Å². The third-order valence-electron chi connectivity index (χ3n) is 4.19. The molecule has 0 bridgehead atoms. The summed E-state index contributed by atoms with van der Waals surface area (Å²) >= 11 is 8.55. The lowest BCUT2D eigenvalue weighted by Gasteiger charge is -2.10. The van der Waals surface area contributed by atoms with Gasteiger partial charge in [-0.25, -0.2) is 14.1 Å². The van der Waals surface area contributed by atoms with Gasteiger partial charge in [0.15, 0.2) is 0 Å². The number of rotatable bonds is 8. The van der Waals surface area contributed by atoms with Crippen LogP contribution in [0.4, 0.5) is 4.39 Å². The maximum atomic E-state index is 13.7. The van der Waals surface area contributed by atoms with E-state index in [9.17, 15) is 4.39 Å². The van der Waals surface area contributed by atoms with Crippen LogP contribution in [0.5, 0.6) is 0 Å². The molecule has 13 heteroatoms. The predicted molar refractivity (Wildman–Crippen MR) is 117 cm³/mol. The number of likely N-dealkylation sites (N-methyl/N-ethyl adjacent to an activating group) is 1. The van der Waals surface area contributed by atoms with E-state index in [1.807, 2.05) is 27.1 Å². The first-order valence-electron chi connectivity index (χ1n) is 9.29. The minimum absolute atomic E-state index is 0.105. The van der Waals surface area contributed by atoms with Gasteiger partial charge < -0.3 is 4.90 Å². The first-order valence-corrected chi connectivity index (χ1v) is 11.5. The van der Waals surface area contributed by atoms with Crippen LogP contribution in [0.3, 0.4) is 0 Å². The van der Waals surface area contributed by atoms with Gasteiger partial charge in [-0.3, -0.25) is 0 Å². The predicted octanol–water partition coefficient (Wildman–Crippen LogP) is 3.22. The average Bonchev–Trinajstić information content (AvgIpc) is 3.33. The van der Waals surface area contributed by atoms with E-state index in [-0.39, 0.29) is 5.02 Å². The second-order valence-corrected chi connectivity index (χ2v) is 9.31. The number of aromatic nitrogens is 8. The molecular weight excluding hydrogens is 461 g/mol. The third-order valence-corrected chi connectivity index (χ3v) is 6.38. The van der Waals surface area contributed by atoms with Crippen molar-refractivity contribution >= 4 is 40.9 Å². The quantitative estimate of drug-likeness (QED) is 0.279. The Balaban J connectivity index is 1.55. The highest BCUT2D eigenvalue weighted by molar-refractivity contribution is 7.99. The van der Waals surface area contributed by atoms with Crippen LogP contribution in [0.15, 0.2) is 39.6 Å². The van der Waals surface area contributed by atoms with Crippen LogP contribution in [0, 0.1) is 12.7 Å². The van der Waals surface area contributed by atoms with Gasteiger partial charge in [0.2, 0.25) is 10.3 Å². The van der Waals surface area contributed by atoms with E-state index in [0.29, 0.717) is 28.4 Å². The van der Waals surface area contributed by atoms with Crippen LogP contribution in [-0.4, -0.2) is 65.3 Å². The van der Waals surface area contributed by atoms with Gasteiger partial charge in [-0.2, -0.15) is 9.50 Å². The van der Waals surface area contributed by atoms with Crippen molar-refractivity contribution in [3.05, 3.63) is 46.4 Å². The zero-order valence-electron chi connectivity index (χ0n) is 17.0. The molecule has 0 aliphatic heterocycles. The minimum atomic E-state index is -0.439. The number of benzene rings is 1. The highest BCUT2D eigenvalue weighted by Gasteiger charge is 2.15. The van der Waals surface area contributed by atoms with Gasteiger partial charge in [0, 0.05) is 18.0 Å². The summed E-state index contributed by atoms with van der Waals surface area (Å²) in [6.07, 6.45) is 0. The lowest BCUT2D eigenvalue weighted by molar-refractivity contribution is 0.361. The van der Waals surface area contributed by atoms with Crippen molar-refractivity contribution in [1.82, 2.24) is 44.7 Å². The Labute approximate surface area is 191 Å². The van der Waals surface area contributed by atoms with Crippen molar-refractivity contribution in [1.29, 1.82) is 0 Å². The molecule has 9 nitrogen and oxygen atoms in total. The molecule has 3 heterocycles. The maximum absolute atomic E-state index is 13.7. The lowest BCUT2D eigenvalue weighted by Crippen LogP contribution is -2.19. The molecule has 0 saturated carbocycles. The SMILES string of the molecule is Cc1cc(Sc2nnnn2CCN(C)C)n2nc(SCc3ccc(Cl)c(F)c3)nc2n1. The Morgan fingerprint density at radius 2 is 2.03 bits per heavy atom. The summed E-state index contributed by atoms with van der Waals surface area (Å²) in [4.78, 5) is 11.0. The first kappa shape index (κ1) is 21.9. The van der Waals surface area contributed by atoms with Gasteiger partial charge in [-0.15, -0.1) is 10.2 Å². The number of halogens is 2. The number of hydrogen-bond acceptors (Lipinski definition) is 9. The van der Waals surface area contributed by atoms with E-state index in [4.69, 9.17) is 11.6 Å². The van der Waals surface area contributed by atoms with E-state index in [0.717, 1.165) is 22.8 Å². The highest BCUT2D eigenvalue weighted by atomic mass is 35.5. The Morgan fingerprint density at radius 1 is 1.19 bits per heavy atom. The molecule has 0 aliphatic rings. The van der Waals surface area contributed by atoms with E-state index < -0.39 is 5.82 Å². The normalized spacial score (nSPS) is 11.7. The van der Waals surface area contributed by atoms with Gasteiger partial charge in [0.25, 0.3) is 5.78 Å². The number of aryl methyl sites for hydroxylation is 1. The van der Waals surface area contributed by atoms with Gasteiger partial charge >= 0.3 is 0 Å². The van der Waals surface area contributed by atoms with Crippen molar-refractivity contribution in [3.8, 4) is 0 Å². The Kier molecular flexibility index (Phi) is 6.70. The molecule has 0 amide bonds. The monoisotopic (exact) mass is 479 g/mol. The molecule has 0 saturated heterocycles. The van der Waals surface area contributed by atoms with Crippen LogP contribution < -0.4 is 0 Å². The Hall–Kier alpha value is -2.28. The molecule has 0 atom stereocenters. The van der Waals surface area contributed by atoms with Crippen molar-refractivity contribution < 1.29 is 4.39 Å². The molecule has 0 unspecified atom stereocenters. The standard InChI is InChI=1S/C18H19ClFN9S2/c1-11-8-15(31-18-23-25-26-28(18)7-6-27(2)3)29-16(21-11)22-17(24-29)30-10-12-4-5-13(19)14(20)9-12/h4-5,8-9H,6-7,10H2,1-3H3. The fraction of sp³-hybridized carbons (Fsp3) is 0.333. The Bertz CT molecular complexity index is 1210. The molecule has 0 spiro atoms. The minimum Gasteiger partial charge on any atom is -0.308 e. The van der Waals surface area contributed by atoms with Crippen molar-refractivity contribution in [3.63, 3.8) is 0 Å². The second kappa shape index (κ2) is 9.47. The average molecular weight is 480 g/mol.